The van der Waals surface area contributed by atoms with Crippen LogP contribution in [0.5, 0.6) is 0 Å². The van der Waals surface area contributed by atoms with Gasteiger partial charge < -0.3 is 29.8 Å². The quantitative estimate of drug-likeness (QED) is 0.485. The van der Waals surface area contributed by atoms with Crippen LogP contribution in [0.2, 0.25) is 0 Å². The van der Waals surface area contributed by atoms with E-state index >= 15 is 0 Å². The van der Waals surface area contributed by atoms with E-state index in [1.807, 2.05) is 19.2 Å². The Labute approximate surface area is 128 Å². The Balaban J connectivity index is 0. The zero-order chi connectivity index (χ0) is 9.10. The van der Waals surface area contributed by atoms with Crippen LogP contribution in [0.25, 0.3) is 0 Å². The molecule has 1 nitrogen and oxygen atoms in total. The van der Waals surface area contributed by atoms with E-state index in [9.17, 15) is 0 Å². The van der Waals surface area contributed by atoms with E-state index in [0.717, 1.165) is 5.56 Å². The number of fused-ring (bicyclic) bond motifs is 1. The molecule has 0 saturated carbocycles. The maximum absolute atomic E-state index is 2.88. The Morgan fingerprint density at radius 1 is 1.31 bits per heavy atom. The van der Waals surface area contributed by atoms with Crippen molar-refractivity contribution in [1.29, 1.82) is 0 Å². The van der Waals surface area contributed by atoms with Gasteiger partial charge in [0.25, 0.3) is 0 Å². The average molecular weight is 333 g/mol. The van der Waals surface area contributed by atoms with Crippen molar-refractivity contribution in [3.63, 3.8) is 0 Å². The SMILES string of the molecule is Cc1[c-][nH]cc1.[Cl-].[Cl-].[Zr+4].c1cc2[c-](c1)CC2. The standard InChI is InChI=1S/C7H7.C5H6N.2ClH.Zr/c1-2-6-4-5-7(6)3-1;1-5-2-3-6-4-5;;;/h1-3H,4-5H2;2-3,6H,1H3;2*1H;/q2*-1;;;+4/p-2. The molecule has 0 amide bonds. The summed E-state index contributed by atoms with van der Waals surface area (Å²) in [6, 6.07) is 8.52. The summed E-state index contributed by atoms with van der Waals surface area (Å²) in [7, 11) is 0. The number of hydrogen-bond acceptors (Lipinski definition) is 0. The summed E-state index contributed by atoms with van der Waals surface area (Å²) in [5.41, 5.74) is 4.30. The van der Waals surface area contributed by atoms with Crippen molar-refractivity contribution in [1.82, 2.24) is 4.98 Å². The third-order valence-corrected chi connectivity index (χ3v) is 2.36. The molecule has 0 fully saturated rings. The summed E-state index contributed by atoms with van der Waals surface area (Å²) in [6.45, 7) is 2.00. The Kier molecular flexibility index (Phi) is 10.6. The third kappa shape index (κ3) is 4.95. The molecule has 1 aliphatic carbocycles. The van der Waals surface area contributed by atoms with Gasteiger partial charge in [-0.25, -0.2) is 12.1 Å². The first-order valence-corrected chi connectivity index (χ1v) is 4.61. The van der Waals surface area contributed by atoms with Gasteiger partial charge in [0.2, 0.25) is 0 Å². The molecule has 4 heteroatoms. The van der Waals surface area contributed by atoms with Gasteiger partial charge in [0, 0.05) is 0 Å². The monoisotopic (exact) mass is 331 g/mol. The van der Waals surface area contributed by atoms with Crippen molar-refractivity contribution in [3.8, 4) is 0 Å². The first-order valence-electron chi connectivity index (χ1n) is 4.61. The number of rotatable bonds is 0. The predicted octanol–water partition coefficient (Wildman–Crippen LogP) is -3.37. The van der Waals surface area contributed by atoms with Crippen LogP contribution in [-0.2, 0) is 39.0 Å². The Bertz CT molecular complexity index is 350. The minimum Gasteiger partial charge on any atom is -1.00 e. The molecule has 0 radical (unpaired) electrons. The zero-order valence-electron chi connectivity index (χ0n) is 9.06. The minimum atomic E-state index is 0. The average Bonchev–Trinajstić information content (AvgIpc) is 2.64. The molecule has 1 heterocycles. The van der Waals surface area contributed by atoms with Gasteiger partial charge in [-0.3, -0.25) is 0 Å². The molecule has 1 aromatic heterocycles. The van der Waals surface area contributed by atoms with Crippen LogP contribution in [0.4, 0.5) is 0 Å². The normalized spacial score (nSPS) is 10.1. The molecule has 16 heavy (non-hydrogen) atoms. The van der Waals surface area contributed by atoms with Crippen molar-refractivity contribution in [2.75, 3.05) is 0 Å². The molecule has 0 saturated heterocycles. The van der Waals surface area contributed by atoms with E-state index in [4.69, 9.17) is 0 Å². The molecule has 0 unspecified atom stereocenters. The number of aromatic nitrogens is 1. The molecule has 1 N–H and O–H groups in total. The molecule has 0 spiro atoms. The molecule has 0 bridgehead atoms. The van der Waals surface area contributed by atoms with Crippen molar-refractivity contribution < 1.29 is 51.0 Å². The van der Waals surface area contributed by atoms with Crippen molar-refractivity contribution in [3.05, 3.63) is 53.3 Å². The fourth-order valence-electron chi connectivity index (χ4n) is 1.44. The summed E-state index contributed by atoms with van der Waals surface area (Å²) >= 11 is 0. The molecule has 84 valence electrons. The molecular formula is C12H13Cl2NZr. The van der Waals surface area contributed by atoms with Gasteiger partial charge >= 0.3 is 26.2 Å². The fraction of sp³-hybridized carbons (Fsp3) is 0.250. The van der Waals surface area contributed by atoms with Gasteiger partial charge in [-0.05, 0) is 0 Å². The van der Waals surface area contributed by atoms with Gasteiger partial charge in [0.1, 0.15) is 0 Å². The van der Waals surface area contributed by atoms with E-state index in [-0.39, 0.29) is 51.0 Å². The van der Waals surface area contributed by atoms with Crippen molar-refractivity contribution in [2.45, 2.75) is 19.8 Å². The first-order chi connectivity index (χ1) is 6.36. The largest absolute Gasteiger partial charge is 4.00 e. The fourth-order valence-corrected chi connectivity index (χ4v) is 1.44. The number of H-pyrrole nitrogens is 1. The molecule has 0 aliphatic heterocycles. The maximum atomic E-state index is 2.88. The Hall–Kier alpha value is 0.0931. The molecule has 2 aromatic rings. The summed E-state index contributed by atoms with van der Waals surface area (Å²) in [5.74, 6) is 0. The van der Waals surface area contributed by atoms with Crippen LogP contribution in [0.1, 0.15) is 16.7 Å². The molecule has 3 rings (SSSR count). The van der Waals surface area contributed by atoms with Crippen LogP contribution in [-0.4, -0.2) is 4.98 Å². The second-order valence-corrected chi connectivity index (χ2v) is 3.36. The molecule has 1 aromatic carbocycles. The van der Waals surface area contributed by atoms with Gasteiger partial charge in [0.05, 0.1) is 0 Å². The number of halogens is 2. The Morgan fingerprint density at radius 3 is 2.25 bits per heavy atom. The molecular weight excluding hydrogens is 320 g/mol. The first kappa shape index (κ1) is 18.5. The second kappa shape index (κ2) is 9.16. The number of aromatic amines is 1. The van der Waals surface area contributed by atoms with Crippen LogP contribution < -0.4 is 24.8 Å². The van der Waals surface area contributed by atoms with Gasteiger partial charge in [-0.1, -0.05) is 19.8 Å². The van der Waals surface area contributed by atoms with Crippen molar-refractivity contribution in [2.24, 2.45) is 0 Å². The van der Waals surface area contributed by atoms with Crippen LogP contribution >= 0.6 is 0 Å². The van der Waals surface area contributed by atoms with Gasteiger partial charge in [0.15, 0.2) is 0 Å². The second-order valence-electron chi connectivity index (χ2n) is 3.36. The minimum absolute atomic E-state index is 0. The smallest absolute Gasteiger partial charge is 1.00 e. The van der Waals surface area contributed by atoms with E-state index in [2.05, 4.69) is 29.4 Å². The summed E-state index contributed by atoms with van der Waals surface area (Å²) in [5, 5.41) is 0. The summed E-state index contributed by atoms with van der Waals surface area (Å²) in [4.78, 5) is 2.80. The van der Waals surface area contributed by atoms with E-state index in [0.29, 0.717) is 0 Å². The van der Waals surface area contributed by atoms with Crippen LogP contribution in [0.3, 0.4) is 0 Å². The molecule has 1 aliphatic rings. The number of nitrogens with one attached hydrogen (secondary N) is 1. The van der Waals surface area contributed by atoms with Gasteiger partial charge in [-0.2, -0.15) is 35.0 Å². The van der Waals surface area contributed by atoms with Gasteiger partial charge in [-0.15, -0.1) is 6.20 Å². The van der Waals surface area contributed by atoms with E-state index in [1.54, 1.807) is 11.1 Å². The molecule has 0 atom stereocenters. The zero-order valence-corrected chi connectivity index (χ0v) is 13.0. The van der Waals surface area contributed by atoms with Crippen LogP contribution in [0.15, 0.2) is 30.5 Å². The number of hydrogen-bond donors (Lipinski definition) is 1. The van der Waals surface area contributed by atoms with E-state index < -0.39 is 0 Å². The number of aryl methyl sites for hydroxylation is 3. The van der Waals surface area contributed by atoms with Crippen molar-refractivity contribution >= 4 is 0 Å². The maximum Gasteiger partial charge on any atom is 4.00 e. The third-order valence-electron chi connectivity index (χ3n) is 2.36. The summed E-state index contributed by atoms with van der Waals surface area (Å²) < 4.78 is 0. The summed E-state index contributed by atoms with van der Waals surface area (Å²) in [6.07, 6.45) is 7.38. The predicted molar refractivity (Wildman–Crippen MR) is 53.8 cm³/mol. The topological polar surface area (TPSA) is 15.8 Å². The van der Waals surface area contributed by atoms with Crippen LogP contribution in [0, 0.1) is 13.1 Å². The Morgan fingerprint density at radius 2 is 2.06 bits per heavy atom. The van der Waals surface area contributed by atoms with E-state index in [1.165, 1.54) is 12.8 Å².